The first-order chi connectivity index (χ1) is 9.84. The van der Waals surface area contributed by atoms with E-state index < -0.39 is 47.0 Å². The fourth-order valence-electron chi connectivity index (χ4n) is 5.17. The van der Waals surface area contributed by atoms with Gasteiger partial charge >= 0.3 is 0 Å². The molecule has 0 aromatic rings. The number of aliphatic hydroxyl groups is 4. The molecular weight excluding hydrogens is 276 g/mol. The fourth-order valence-corrected chi connectivity index (χ4v) is 5.17. The first kappa shape index (κ1) is 14.1. The highest BCUT2D eigenvalue weighted by Gasteiger charge is 2.82. The van der Waals surface area contributed by atoms with Gasteiger partial charge in [0, 0.05) is 5.41 Å². The van der Waals surface area contributed by atoms with Gasteiger partial charge in [0.25, 0.3) is 0 Å². The van der Waals surface area contributed by atoms with Gasteiger partial charge in [-0.2, -0.15) is 0 Å². The van der Waals surface area contributed by atoms with E-state index in [1.165, 1.54) is 0 Å². The molecule has 0 amide bonds. The van der Waals surface area contributed by atoms with Crippen molar-refractivity contribution in [2.24, 2.45) is 10.8 Å². The smallest absolute Gasteiger partial charge is 0.126 e. The lowest BCUT2D eigenvalue weighted by Crippen LogP contribution is -2.71. The Hall–Kier alpha value is -0.500. The molecule has 3 fully saturated rings. The molecule has 1 spiro atoms. The third kappa shape index (κ3) is 1.27. The van der Waals surface area contributed by atoms with Crippen LogP contribution in [0.1, 0.15) is 20.3 Å². The molecule has 2 saturated heterocycles. The van der Waals surface area contributed by atoms with Crippen LogP contribution in [0, 0.1) is 10.8 Å². The molecule has 0 radical (unpaired) electrons. The normalized spacial score (nSPS) is 61.6. The van der Waals surface area contributed by atoms with E-state index >= 15 is 0 Å². The first-order valence-electron chi connectivity index (χ1n) is 7.47. The Morgan fingerprint density at radius 1 is 1.33 bits per heavy atom. The lowest BCUT2D eigenvalue weighted by Gasteiger charge is -2.59. The quantitative estimate of drug-likeness (QED) is 0.364. The van der Waals surface area contributed by atoms with Crippen molar-refractivity contribution in [3.63, 3.8) is 0 Å². The van der Waals surface area contributed by atoms with E-state index in [4.69, 9.17) is 9.47 Å². The lowest BCUT2D eigenvalue weighted by atomic mass is 9.50. The average molecular weight is 298 g/mol. The van der Waals surface area contributed by atoms with Crippen molar-refractivity contribution < 1.29 is 29.9 Å². The van der Waals surface area contributed by atoms with E-state index in [1.807, 2.05) is 6.92 Å². The van der Waals surface area contributed by atoms with E-state index in [-0.39, 0.29) is 6.61 Å². The van der Waals surface area contributed by atoms with Crippen LogP contribution < -0.4 is 0 Å². The van der Waals surface area contributed by atoms with Gasteiger partial charge in [0.2, 0.25) is 0 Å². The van der Waals surface area contributed by atoms with Crippen molar-refractivity contribution in [2.45, 2.75) is 56.4 Å². The molecular formula is C15H22O6. The fraction of sp³-hybridized carbons (Fsp3) is 0.867. The Morgan fingerprint density at radius 3 is 2.57 bits per heavy atom. The third-order valence-corrected chi connectivity index (χ3v) is 6.61. The van der Waals surface area contributed by atoms with Gasteiger partial charge in [-0.15, -0.1) is 0 Å². The lowest BCUT2D eigenvalue weighted by molar-refractivity contribution is -0.261. The van der Waals surface area contributed by atoms with Crippen molar-refractivity contribution in [1.29, 1.82) is 0 Å². The summed E-state index contributed by atoms with van der Waals surface area (Å²) in [5, 5.41) is 41.6. The van der Waals surface area contributed by atoms with Crippen molar-refractivity contribution in [2.75, 3.05) is 13.2 Å². The summed E-state index contributed by atoms with van der Waals surface area (Å²) in [7, 11) is 0. The maximum Gasteiger partial charge on any atom is 0.126 e. The van der Waals surface area contributed by atoms with E-state index in [0.29, 0.717) is 18.6 Å². The second-order valence-corrected chi connectivity index (χ2v) is 7.26. The Bertz CT molecular complexity index is 514. The van der Waals surface area contributed by atoms with Crippen LogP contribution >= 0.6 is 0 Å². The molecule has 1 saturated carbocycles. The molecule has 4 aliphatic rings. The van der Waals surface area contributed by atoms with Crippen LogP contribution in [0.2, 0.25) is 0 Å². The zero-order chi connectivity index (χ0) is 15.2. The molecule has 8 atom stereocenters. The molecule has 4 rings (SSSR count). The highest BCUT2D eigenvalue weighted by molar-refractivity contribution is 5.35. The zero-order valence-electron chi connectivity index (χ0n) is 12.2. The van der Waals surface area contributed by atoms with Crippen LogP contribution in [0.15, 0.2) is 11.6 Å². The standard InChI is InChI=1S/C15H22O6/c1-7-3-9-14(5-16,11(19)10(7)18)13(2)4-8(17)12(21-9)15(13)6-20-15/h3,8-12,16-19H,4-6H2,1-2H3/t8-,9+,10+,11+,12+,13+,14+,15-/m0/s1. The van der Waals surface area contributed by atoms with Gasteiger partial charge in [0.15, 0.2) is 0 Å². The number of rotatable bonds is 1. The molecule has 6 heteroatoms. The predicted molar refractivity (Wildman–Crippen MR) is 71.4 cm³/mol. The van der Waals surface area contributed by atoms with Crippen molar-refractivity contribution in [3.05, 3.63) is 11.6 Å². The summed E-state index contributed by atoms with van der Waals surface area (Å²) in [6.07, 6.45) is -1.72. The monoisotopic (exact) mass is 298 g/mol. The summed E-state index contributed by atoms with van der Waals surface area (Å²) in [6.45, 7) is 3.78. The highest BCUT2D eigenvalue weighted by atomic mass is 16.6. The molecule has 2 heterocycles. The van der Waals surface area contributed by atoms with E-state index in [0.717, 1.165) is 0 Å². The number of fused-ring (bicyclic) bond motifs is 2. The average Bonchev–Trinajstić information content (AvgIpc) is 3.20. The molecule has 2 bridgehead atoms. The Morgan fingerprint density at radius 2 is 2.00 bits per heavy atom. The molecule has 0 aromatic carbocycles. The summed E-state index contributed by atoms with van der Waals surface area (Å²) in [5.41, 5.74) is -1.76. The molecule has 6 nitrogen and oxygen atoms in total. The van der Waals surface area contributed by atoms with Crippen molar-refractivity contribution in [1.82, 2.24) is 0 Å². The van der Waals surface area contributed by atoms with Gasteiger partial charge < -0.3 is 29.9 Å². The topological polar surface area (TPSA) is 103 Å². The first-order valence-corrected chi connectivity index (χ1v) is 7.47. The number of hydrogen-bond acceptors (Lipinski definition) is 6. The van der Waals surface area contributed by atoms with Gasteiger partial charge in [0.1, 0.15) is 17.8 Å². The maximum atomic E-state index is 10.8. The second-order valence-electron chi connectivity index (χ2n) is 7.26. The van der Waals surface area contributed by atoms with Crippen LogP contribution in [0.5, 0.6) is 0 Å². The SMILES string of the molecule is CC1=C[C@H]2O[C@@H]3[C@@H](O)C[C@](C)([C@@]2(CO)[C@H](O)[C@@H]1O)[C@]31CO1. The minimum atomic E-state index is -1.16. The summed E-state index contributed by atoms with van der Waals surface area (Å²) < 4.78 is 11.7. The predicted octanol–water partition coefficient (Wildman–Crippen LogP) is -1.05. The molecule has 21 heavy (non-hydrogen) atoms. The summed E-state index contributed by atoms with van der Waals surface area (Å²) in [6, 6.07) is 0. The molecule has 2 aliphatic heterocycles. The number of ether oxygens (including phenoxy) is 2. The van der Waals surface area contributed by atoms with Gasteiger partial charge in [-0.1, -0.05) is 13.0 Å². The van der Waals surface area contributed by atoms with E-state index in [2.05, 4.69) is 0 Å². The zero-order valence-corrected chi connectivity index (χ0v) is 12.2. The van der Waals surface area contributed by atoms with Gasteiger partial charge in [-0.05, 0) is 18.9 Å². The minimum absolute atomic E-state index is 0.333. The van der Waals surface area contributed by atoms with Crippen LogP contribution in [0.4, 0.5) is 0 Å². The Labute approximate surface area is 123 Å². The number of hydrogen-bond donors (Lipinski definition) is 4. The summed E-state index contributed by atoms with van der Waals surface area (Å²) >= 11 is 0. The van der Waals surface area contributed by atoms with Crippen LogP contribution in [-0.2, 0) is 9.47 Å². The third-order valence-electron chi connectivity index (χ3n) is 6.61. The maximum absolute atomic E-state index is 10.8. The Balaban J connectivity index is 1.93. The number of aliphatic hydroxyl groups excluding tert-OH is 4. The Kier molecular flexibility index (Phi) is 2.60. The van der Waals surface area contributed by atoms with Crippen molar-refractivity contribution in [3.8, 4) is 0 Å². The molecule has 4 N–H and O–H groups in total. The molecule has 0 aromatic heterocycles. The van der Waals surface area contributed by atoms with Crippen LogP contribution in [0.3, 0.4) is 0 Å². The summed E-state index contributed by atoms with van der Waals surface area (Å²) in [4.78, 5) is 0. The largest absolute Gasteiger partial charge is 0.396 e. The summed E-state index contributed by atoms with van der Waals surface area (Å²) in [5.74, 6) is 0. The molecule has 0 unspecified atom stereocenters. The minimum Gasteiger partial charge on any atom is -0.396 e. The van der Waals surface area contributed by atoms with Crippen LogP contribution in [-0.4, -0.2) is 69.8 Å². The van der Waals surface area contributed by atoms with E-state index in [9.17, 15) is 20.4 Å². The van der Waals surface area contributed by atoms with Gasteiger partial charge in [-0.3, -0.25) is 0 Å². The van der Waals surface area contributed by atoms with E-state index in [1.54, 1.807) is 13.0 Å². The van der Waals surface area contributed by atoms with Gasteiger partial charge in [0.05, 0.1) is 36.9 Å². The van der Waals surface area contributed by atoms with Crippen molar-refractivity contribution >= 4 is 0 Å². The van der Waals surface area contributed by atoms with Crippen LogP contribution in [0.25, 0.3) is 0 Å². The number of epoxide rings is 1. The molecule has 2 aliphatic carbocycles. The highest BCUT2D eigenvalue weighted by Crippen LogP contribution is 2.71. The second kappa shape index (κ2) is 3.88. The molecule has 118 valence electrons. The van der Waals surface area contributed by atoms with Gasteiger partial charge in [-0.25, -0.2) is 0 Å².